The molecule has 0 bridgehead atoms. The summed E-state index contributed by atoms with van der Waals surface area (Å²) in [6, 6.07) is 4.62. The third-order valence-electron chi connectivity index (χ3n) is 4.58. The van der Waals surface area contributed by atoms with Crippen LogP contribution in [0.15, 0.2) is 12.1 Å². The number of carbonyl (C=O) groups excluding carboxylic acids is 1. The lowest BCUT2D eigenvalue weighted by Gasteiger charge is -2.30. The lowest BCUT2D eigenvalue weighted by atomic mass is 9.75. The first-order chi connectivity index (χ1) is 11.0. The Morgan fingerprint density at radius 3 is 1.92 bits per heavy atom. The Kier molecular flexibility index (Phi) is 7.07. The van der Waals surface area contributed by atoms with Crippen molar-refractivity contribution in [1.29, 1.82) is 0 Å². The molecule has 24 heavy (non-hydrogen) atoms. The van der Waals surface area contributed by atoms with E-state index < -0.39 is 0 Å². The second-order valence-corrected chi connectivity index (χ2v) is 9.02. The van der Waals surface area contributed by atoms with Gasteiger partial charge in [-0.1, -0.05) is 67.0 Å². The van der Waals surface area contributed by atoms with E-state index in [0.29, 0.717) is 6.42 Å². The number of amides is 1. The molecule has 0 atom stereocenters. The first-order valence-electron chi connectivity index (χ1n) is 9.38. The molecule has 1 N–H and O–H groups in total. The van der Waals surface area contributed by atoms with Gasteiger partial charge < -0.3 is 5.32 Å². The first kappa shape index (κ1) is 20.7. The molecular weight excluding hydrogens is 294 g/mol. The minimum Gasteiger partial charge on any atom is -0.356 e. The van der Waals surface area contributed by atoms with Crippen molar-refractivity contribution in [2.45, 2.75) is 91.9 Å². The van der Waals surface area contributed by atoms with Crippen LogP contribution in [-0.2, 0) is 22.0 Å². The Labute approximate surface area is 149 Å². The third kappa shape index (κ3) is 5.96. The van der Waals surface area contributed by atoms with Crippen LogP contribution in [0, 0.1) is 6.92 Å². The summed E-state index contributed by atoms with van der Waals surface area (Å²) in [4.78, 5) is 12.0. The van der Waals surface area contributed by atoms with Gasteiger partial charge in [-0.2, -0.15) is 0 Å². The SMILES string of the molecule is CCCCNC(=O)CCc1cc(C(C)(C)C)c(C)c(C(C)(C)C)c1. The van der Waals surface area contributed by atoms with Crippen LogP contribution in [0.25, 0.3) is 0 Å². The quantitative estimate of drug-likeness (QED) is 0.691. The molecule has 136 valence electrons. The van der Waals surface area contributed by atoms with Gasteiger partial charge in [-0.05, 0) is 52.8 Å². The average Bonchev–Trinajstić information content (AvgIpc) is 2.44. The van der Waals surface area contributed by atoms with Gasteiger partial charge in [0, 0.05) is 13.0 Å². The lowest BCUT2D eigenvalue weighted by Crippen LogP contribution is -2.25. The molecular formula is C22H37NO. The van der Waals surface area contributed by atoms with E-state index in [9.17, 15) is 4.79 Å². The van der Waals surface area contributed by atoms with E-state index in [-0.39, 0.29) is 16.7 Å². The topological polar surface area (TPSA) is 29.1 Å². The second kappa shape index (κ2) is 8.18. The molecule has 1 rings (SSSR count). The summed E-state index contributed by atoms with van der Waals surface area (Å²) in [5.41, 5.74) is 5.70. The second-order valence-electron chi connectivity index (χ2n) is 9.02. The molecule has 0 aromatic heterocycles. The van der Waals surface area contributed by atoms with Crippen molar-refractivity contribution >= 4 is 5.91 Å². The van der Waals surface area contributed by atoms with Gasteiger partial charge in [0.05, 0.1) is 0 Å². The van der Waals surface area contributed by atoms with E-state index in [1.54, 1.807) is 0 Å². The standard InChI is InChI=1S/C22H37NO/c1-9-10-13-23-20(24)12-11-17-14-18(21(3,4)5)16(2)19(15-17)22(6,7)8/h14-15H,9-13H2,1-8H3,(H,23,24). The summed E-state index contributed by atoms with van der Waals surface area (Å²) in [6.07, 6.45) is 3.55. The molecule has 0 unspecified atom stereocenters. The fourth-order valence-electron chi connectivity index (χ4n) is 3.23. The molecule has 0 saturated heterocycles. The van der Waals surface area contributed by atoms with Crippen LogP contribution in [0.4, 0.5) is 0 Å². The molecule has 0 saturated carbocycles. The number of aryl methyl sites for hydroxylation is 1. The van der Waals surface area contributed by atoms with Crippen LogP contribution in [0.5, 0.6) is 0 Å². The van der Waals surface area contributed by atoms with Crippen molar-refractivity contribution < 1.29 is 4.79 Å². The van der Waals surface area contributed by atoms with E-state index in [4.69, 9.17) is 0 Å². The Hall–Kier alpha value is -1.31. The van der Waals surface area contributed by atoms with Gasteiger partial charge in [0.25, 0.3) is 0 Å². The number of nitrogens with one attached hydrogen (secondary N) is 1. The largest absolute Gasteiger partial charge is 0.356 e. The average molecular weight is 332 g/mol. The zero-order valence-electron chi connectivity index (χ0n) is 17.1. The van der Waals surface area contributed by atoms with Gasteiger partial charge in [-0.25, -0.2) is 0 Å². The predicted octanol–water partition coefficient (Wildman–Crippen LogP) is 5.44. The molecule has 0 fully saturated rings. The summed E-state index contributed by atoms with van der Waals surface area (Å²) in [7, 11) is 0. The summed E-state index contributed by atoms with van der Waals surface area (Å²) in [5, 5.41) is 3.02. The minimum atomic E-state index is 0.115. The highest BCUT2D eigenvalue weighted by atomic mass is 16.1. The Bertz CT molecular complexity index is 523. The Morgan fingerprint density at radius 1 is 1.00 bits per heavy atom. The van der Waals surface area contributed by atoms with E-state index in [1.165, 1.54) is 22.3 Å². The highest BCUT2D eigenvalue weighted by molar-refractivity contribution is 5.76. The molecule has 1 aromatic carbocycles. The normalized spacial score (nSPS) is 12.3. The van der Waals surface area contributed by atoms with Gasteiger partial charge in [-0.15, -0.1) is 0 Å². The molecule has 0 radical (unpaired) electrons. The summed E-state index contributed by atoms with van der Waals surface area (Å²) in [6.45, 7) is 18.8. The predicted molar refractivity (Wildman–Crippen MR) is 105 cm³/mol. The van der Waals surface area contributed by atoms with Crippen LogP contribution < -0.4 is 5.32 Å². The number of hydrogen-bond donors (Lipinski definition) is 1. The fourth-order valence-corrected chi connectivity index (χ4v) is 3.23. The van der Waals surface area contributed by atoms with Crippen molar-refractivity contribution in [2.24, 2.45) is 0 Å². The molecule has 0 spiro atoms. The zero-order valence-corrected chi connectivity index (χ0v) is 17.1. The smallest absolute Gasteiger partial charge is 0.220 e. The number of benzene rings is 1. The summed E-state index contributed by atoms with van der Waals surface area (Å²) >= 11 is 0. The summed E-state index contributed by atoms with van der Waals surface area (Å²) < 4.78 is 0. The first-order valence-corrected chi connectivity index (χ1v) is 9.38. The molecule has 1 amide bonds. The Morgan fingerprint density at radius 2 is 1.50 bits per heavy atom. The van der Waals surface area contributed by atoms with Crippen molar-refractivity contribution in [3.63, 3.8) is 0 Å². The van der Waals surface area contributed by atoms with Crippen LogP contribution >= 0.6 is 0 Å². The van der Waals surface area contributed by atoms with Crippen LogP contribution in [0.1, 0.15) is 90.0 Å². The van der Waals surface area contributed by atoms with Crippen LogP contribution in [-0.4, -0.2) is 12.5 Å². The van der Waals surface area contributed by atoms with E-state index in [1.807, 2.05) is 0 Å². The highest BCUT2D eigenvalue weighted by Crippen LogP contribution is 2.34. The maximum Gasteiger partial charge on any atom is 0.220 e. The number of carbonyl (C=O) groups is 1. The van der Waals surface area contributed by atoms with Crippen molar-refractivity contribution in [3.05, 3.63) is 34.4 Å². The number of hydrogen-bond acceptors (Lipinski definition) is 1. The van der Waals surface area contributed by atoms with Crippen molar-refractivity contribution in [2.75, 3.05) is 6.54 Å². The highest BCUT2D eigenvalue weighted by Gasteiger charge is 2.24. The van der Waals surface area contributed by atoms with Gasteiger partial charge in [0.15, 0.2) is 0 Å². The van der Waals surface area contributed by atoms with E-state index in [0.717, 1.165) is 25.8 Å². The molecule has 0 aliphatic carbocycles. The zero-order chi connectivity index (χ0) is 18.5. The molecule has 2 heteroatoms. The molecule has 0 aliphatic rings. The molecule has 2 nitrogen and oxygen atoms in total. The lowest BCUT2D eigenvalue weighted by molar-refractivity contribution is -0.121. The van der Waals surface area contributed by atoms with Gasteiger partial charge in [0.2, 0.25) is 5.91 Å². The maximum atomic E-state index is 12.0. The van der Waals surface area contributed by atoms with Gasteiger partial charge in [-0.3, -0.25) is 4.79 Å². The van der Waals surface area contributed by atoms with E-state index in [2.05, 4.69) is 72.8 Å². The minimum absolute atomic E-state index is 0.115. The van der Waals surface area contributed by atoms with Crippen LogP contribution in [0.2, 0.25) is 0 Å². The van der Waals surface area contributed by atoms with Crippen molar-refractivity contribution in [3.8, 4) is 0 Å². The van der Waals surface area contributed by atoms with Gasteiger partial charge in [0.1, 0.15) is 0 Å². The summed E-state index contributed by atoms with van der Waals surface area (Å²) in [5.74, 6) is 0.165. The third-order valence-corrected chi connectivity index (χ3v) is 4.58. The molecule has 0 aliphatic heterocycles. The van der Waals surface area contributed by atoms with Crippen LogP contribution in [0.3, 0.4) is 0 Å². The van der Waals surface area contributed by atoms with E-state index >= 15 is 0 Å². The molecule has 0 heterocycles. The number of rotatable bonds is 6. The monoisotopic (exact) mass is 331 g/mol. The van der Waals surface area contributed by atoms with Crippen molar-refractivity contribution in [1.82, 2.24) is 5.32 Å². The van der Waals surface area contributed by atoms with Gasteiger partial charge >= 0.3 is 0 Å². The maximum absolute atomic E-state index is 12.0. The Balaban J connectivity index is 3.01. The molecule has 1 aromatic rings. The fraction of sp³-hybridized carbons (Fsp3) is 0.682. The number of unbranched alkanes of at least 4 members (excludes halogenated alkanes) is 1.